The number of fused-ring (bicyclic) bond motifs is 6. The van der Waals surface area contributed by atoms with Crippen LogP contribution in [0, 0.1) is 16.9 Å². The van der Waals surface area contributed by atoms with Gasteiger partial charge in [-0.1, -0.05) is 104 Å². The summed E-state index contributed by atoms with van der Waals surface area (Å²) >= 11 is 1.79. The minimum atomic E-state index is -0.337. The van der Waals surface area contributed by atoms with E-state index in [1.54, 1.807) is 11.3 Å². The van der Waals surface area contributed by atoms with Gasteiger partial charge < -0.3 is 20.2 Å². The molecule has 5 nitrogen and oxygen atoms in total. The number of allylic oxidation sites excluding steroid dienone is 2. The molecule has 0 amide bonds. The molecule has 2 N–H and O–H groups in total. The number of hydrogen-bond donors (Lipinski definition) is 2. The summed E-state index contributed by atoms with van der Waals surface area (Å²) in [5.41, 5.74) is 5.31. The van der Waals surface area contributed by atoms with Gasteiger partial charge in [0.05, 0.1) is 11.6 Å². The summed E-state index contributed by atoms with van der Waals surface area (Å²) in [6.07, 6.45) is 4.75. The van der Waals surface area contributed by atoms with E-state index in [0.29, 0.717) is 12.6 Å². The molecule has 0 aliphatic carbocycles. The number of benzene rings is 3. The van der Waals surface area contributed by atoms with Crippen molar-refractivity contribution >= 4 is 48.7 Å². The fraction of sp³-hybridized carbons (Fsp3) is 0.476. The van der Waals surface area contributed by atoms with Crippen LogP contribution in [-0.4, -0.2) is 29.9 Å². The normalized spacial score (nSPS) is 16.1. The van der Waals surface area contributed by atoms with Gasteiger partial charge in [0.2, 0.25) is 0 Å². The van der Waals surface area contributed by atoms with Crippen LogP contribution in [0.1, 0.15) is 123 Å². The maximum atomic E-state index is 12.2. The molecule has 1 radical (unpaired) electrons. The predicted molar refractivity (Wildman–Crippen MR) is 204 cm³/mol. The molecule has 265 valence electrons. The predicted octanol–water partition coefficient (Wildman–Crippen LogP) is 11.5. The van der Waals surface area contributed by atoms with Crippen LogP contribution in [0.2, 0.25) is 0 Å². The van der Waals surface area contributed by atoms with Crippen molar-refractivity contribution in [3.05, 3.63) is 82.6 Å². The Morgan fingerprint density at radius 3 is 2.31 bits per heavy atom. The summed E-state index contributed by atoms with van der Waals surface area (Å²) in [6, 6.07) is 19.0. The van der Waals surface area contributed by atoms with Gasteiger partial charge in [0.25, 0.3) is 0 Å². The largest absolute Gasteiger partial charge is 0.512 e. The topological polar surface area (TPSA) is 70.9 Å². The molecule has 0 spiro atoms. The van der Waals surface area contributed by atoms with E-state index >= 15 is 0 Å². The number of nitrogens with one attached hydrogen (secondary N) is 1. The van der Waals surface area contributed by atoms with Crippen LogP contribution in [0.3, 0.4) is 0 Å². The van der Waals surface area contributed by atoms with E-state index in [0.717, 1.165) is 54.7 Å². The first-order valence-electron chi connectivity index (χ1n) is 17.6. The van der Waals surface area contributed by atoms with Crippen LogP contribution in [0.4, 0.5) is 5.00 Å². The van der Waals surface area contributed by atoms with Gasteiger partial charge in [-0.25, -0.2) is 0 Å². The minimum absolute atomic E-state index is 0. The number of aliphatic imine (C=N–C) groups is 1. The summed E-state index contributed by atoms with van der Waals surface area (Å²) in [7, 11) is 0. The minimum Gasteiger partial charge on any atom is -0.512 e. The smallest absolute Gasteiger partial charge is 0.164 e. The van der Waals surface area contributed by atoms with Crippen molar-refractivity contribution in [2.24, 2.45) is 15.8 Å². The molecule has 49 heavy (non-hydrogen) atoms. The van der Waals surface area contributed by atoms with Gasteiger partial charge in [0.1, 0.15) is 18.2 Å². The fourth-order valence-electron chi connectivity index (χ4n) is 6.52. The zero-order chi connectivity index (χ0) is 35.0. The molecule has 2 aliphatic rings. The second-order valence-electron chi connectivity index (χ2n) is 15.0. The average Bonchev–Trinajstić information content (AvgIpc) is 3.66. The number of nitrogens with zero attached hydrogens (tertiary/aromatic N) is 1. The van der Waals surface area contributed by atoms with E-state index in [4.69, 9.17) is 9.73 Å². The van der Waals surface area contributed by atoms with Gasteiger partial charge in [0, 0.05) is 69.9 Å². The Morgan fingerprint density at radius 1 is 1.02 bits per heavy atom. The third-order valence-electron chi connectivity index (χ3n) is 11.0. The van der Waals surface area contributed by atoms with Crippen molar-refractivity contribution in [1.29, 1.82) is 0 Å². The van der Waals surface area contributed by atoms with Gasteiger partial charge in [-0.3, -0.25) is 4.79 Å². The molecule has 4 aromatic rings. The van der Waals surface area contributed by atoms with E-state index in [2.05, 4.69) is 81.5 Å². The molecule has 7 heteroatoms. The first kappa shape index (κ1) is 38.8. The Kier molecular flexibility index (Phi) is 11.9. The molecule has 1 unspecified atom stereocenters. The quantitative estimate of drug-likeness (QED) is 0.105. The van der Waals surface area contributed by atoms with Gasteiger partial charge in [-0.15, -0.1) is 40.5 Å². The standard InChI is InChI=1S/C27H25N2OS.C15H28O2.Ir/c1-15-13-30-25-18(15)9-10-21-22(25)23-24(28-14-29-26(23)31-21)17-11-16-7-5-6-8-19(16)20(12-17)27(2,3)4;1-7-14(5,8-2)12(16)11-13(17)15(6,9-3)10-4;/h5-10,12,15,29H,13-14H2,1-4H3;11,16H,7-10H2,1-6H3;/q-1;;/b;12-11-;. The maximum Gasteiger partial charge on any atom is 0.164 e. The number of hydrogen-bond acceptors (Lipinski definition) is 6. The van der Waals surface area contributed by atoms with Crippen molar-refractivity contribution in [2.75, 3.05) is 18.6 Å². The van der Waals surface area contributed by atoms with E-state index in [1.165, 1.54) is 43.2 Å². The van der Waals surface area contributed by atoms with E-state index in [-0.39, 0.29) is 47.9 Å². The van der Waals surface area contributed by atoms with Crippen LogP contribution in [0.5, 0.6) is 5.75 Å². The number of ether oxygens (including phenoxy) is 1. The molecule has 0 bridgehead atoms. The third kappa shape index (κ3) is 7.41. The number of ketones is 1. The number of carbonyl (C=O) groups excluding carboxylic acids is 1. The molecule has 6 rings (SSSR count). The molecule has 2 aliphatic heterocycles. The number of rotatable bonds is 8. The van der Waals surface area contributed by atoms with Crippen LogP contribution in [-0.2, 0) is 30.3 Å². The number of aliphatic hydroxyl groups is 1. The van der Waals surface area contributed by atoms with Crippen molar-refractivity contribution in [1.82, 2.24) is 0 Å². The van der Waals surface area contributed by atoms with E-state index in [9.17, 15) is 9.90 Å². The summed E-state index contributed by atoms with van der Waals surface area (Å²) in [5.74, 6) is 1.75. The van der Waals surface area contributed by atoms with Crippen molar-refractivity contribution in [2.45, 2.75) is 106 Å². The van der Waals surface area contributed by atoms with Gasteiger partial charge in [-0.2, -0.15) is 0 Å². The van der Waals surface area contributed by atoms with Gasteiger partial charge >= 0.3 is 0 Å². The molecular formula is C42H53IrN2O3S-. The van der Waals surface area contributed by atoms with Crippen LogP contribution >= 0.6 is 11.3 Å². The molecule has 1 aromatic heterocycles. The first-order valence-corrected chi connectivity index (χ1v) is 18.4. The van der Waals surface area contributed by atoms with Gasteiger partial charge in [-0.05, 0) is 37.2 Å². The Hall–Kier alpha value is -2.99. The third-order valence-corrected chi connectivity index (χ3v) is 12.1. The number of thiophene rings is 1. The van der Waals surface area contributed by atoms with Crippen LogP contribution < -0.4 is 10.1 Å². The number of aliphatic hydroxyl groups excluding tert-OH is 1. The van der Waals surface area contributed by atoms with Crippen molar-refractivity contribution in [3.8, 4) is 5.75 Å². The monoisotopic (exact) mass is 858 g/mol. The fourth-order valence-corrected chi connectivity index (χ4v) is 7.61. The van der Waals surface area contributed by atoms with Crippen molar-refractivity contribution in [3.63, 3.8) is 0 Å². The van der Waals surface area contributed by atoms with E-state index < -0.39 is 0 Å². The molecule has 0 saturated carbocycles. The number of anilines is 1. The molecule has 0 fully saturated rings. The van der Waals surface area contributed by atoms with Crippen LogP contribution in [0.15, 0.2) is 59.3 Å². The van der Waals surface area contributed by atoms with E-state index in [1.807, 2.05) is 41.5 Å². The zero-order valence-electron chi connectivity index (χ0n) is 30.9. The summed E-state index contributed by atoms with van der Waals surface area (Å²) in [5, 5.41) is 18.4. The SMILES string of the molecule is CC1COc2c1ccc1sc3c(c21)C(c1[c-]c2ccccc2c(C(C)(C)C)c1)=NCN3.CCC(C)(CC)C(=O)/C=C(\O)C(C)(CC)CC.[Ir]. The van der Waals surface area contributed by atoms with Gasteiger partial charge in [0.15, 0.2) is 5.78 Å². The molecule has 1 atom stereocenters. The Bertz CT molecular complexity index is 1890. The summed E-state index contributed by atoms with van der Waals surface area (Å²) in [4.78, 5) is 17.1. The second kappa shape index (κ2) is 15.1. The average molecular weight is 858 g/mol. The summed E-state index contributed by atoms with van der Waals surface area (Å²) in [6.45, 7) is 22.5. The molecule has 3 aromatic carbocycles. The Balaban J connectivity index is 0.000000260. The molecule has 0 saturated heterocycles. The second-order valence-corrected chi connectivity index (χ2v) is 16.1. The van der Waals surface area contributed by atoms with Crippen molar-refractivity contribution < 1.29 is 34.7 Å². The maximum absolute atomic E-state index is 12.2. The Labute approximate surface area is 311 Å². The number of carbonyl (C=O) groups is 1. The zero-order valence-corrected chi connectivity index (χ0v) is 34.1. The summed E-state index contributed by atoms with van der Waals surface area (Å²) < 4.78 is 7.44. The Morgan fingerprint density at radius 2 is 1.67 bits per heavy atom. The molecule has 3 heterocycles. The van der Waals surface area contributed by atoms with Crippen LogP contribution in [0.25, 0.3) is 20.9 Å². The first-order chi connectivity index (χ1) is 22.7. The molecular weight excluding hydrogens is 805 g/mol.